The van der Waals surface area contributed by atoms with E-state index in [1.807, 2.05) is 6.92 Å². The van der Waals surface area contributed by atoms with Crippen molar-refractivity contribution in [1.82, 2.24) is 10.3 Å². The number of ether oxygens (including phenoxy) is 1. The predicted octanol–water partition coefficient (Wildman–Crippen LogP) is 4.04. The van der Waals surface area contributed by atoms with Gasteiger partial charge in [0.05, 0.1) is 11.5 Å². The zero-order valence-electron chi connectivity index (χ0n) is 19.3. The topological polar surface area (TPSA) is 117 Å². The van der Waals surface area contributed by atoms with Crippen LogP contribution < -0.4 is 20.2 Å². The average Bonchev–Trinajstić information content (AvgIpc) is 2.82. The lowest BCUT2D eigenvalue weighted by Crippen LogP contribution is -2.39. The number of carbonyl (C=O) groups is 1. The fourth-order valence-corrected chi connectivity index (χ4v) is 5.29. The van der Waals surface area contributed by atoms with Gasteiger partial charge in [0, 0.05) is 28.8 Å². The Labute approximate surface area is 198 Å². The molecule has 0 radical (unpaired) electrons. The molecule has 0 saturated heterocycles. The predicted molar refractivity (Wildman–Crippen MR) is 132 cm³/mol. The lowest BCUT2D eigenvalue weighted by atomic mass is 9.87. The number of fused-ring (bicyclic) bond motifs is 1. The first-order valence-electron chi connectivity index (χ1n) is 11.5. The van der Waals surface area contributed by atoms with Crippen molar-refractivity contribution in [3.63, 3.8) is 0 Å². The molecule has 1 aliphatic rings. The summed E-state index contributed by atoms with van der Waals surface area (Å²) in [5, 5.41) is 3.09. The summed E-state index contributed by atoms with van der Waals surface area (Å²) in [5.41, 5.74) is 0.286. The van der Waals surface area contributed by atoms with Gasteiger partial charge in [0.25, 0.3) is 15.9 Å². The van der Waals surface area contributed by atoms with Gasteiger partial charge in [-0.2, -0.15) is 0 Å². The number of aromatic nitrogens is 1. The van der Waals surface area contributed by atoms with E-state index in [1.165, 1.54) is 24.4 Å². The number of sulfonamides is 1. The van der Waals surface area contributed by atoms with Crippen LogP contribution >= 0.6 is 0 Å². The average molecular weight is 484 g/mol. The van der Waals surface area contributed by atoms with Gasteiger partial charge in [-0.15, -0.1) is 0 Å². The maximum absolute atomic E-state index is 13.1. The molecule has 0 atom stereocenters. The first-order valence-corrected chi connectivity index (χ1v) is 13.0. The Morgan fingerprint density at radius 2 is 1.79 bits per heavy atom. The van der Waals surface area contributed by atoms with E-state index in [0.29, 0.717) is 29.5 Å². The Morgan fingerprint density at radius 3 is 2.47 bits per heavy atom. The highest BCUT2D eigenvalue weighted by Gasteiger charge is 2.23. The van der Waals surface area contributed by atoms with E-state index in [-0.39, 0.29) is 21.9 Å². The molecule has 4 rings (SSSR count). The molecule has 0 bridgehead atoms. The van der Waals surface area contributed by atoms with Gasteiger partial charge in [-0.3, -0.25) is 14.3 Å². The van der Waals surface area contributed by atoms with E-state index >= 15 is 0 Å². The zero-order valence-corrected chi connectivity index (χ0v) is 20.1. The standard InChI is InChI=1S/C25H29N3O5S/c1-3-33-19-10-8-18(9-11-19)28-34(31,32)20-12-13-23-21(14-20)24(29)22(15-26-23)25(30)27-17-6-4-16(2)5-7-17/h8-17,28H,3-7H2,1-2H3,(H,26,29)(H,27,30). The molecule has 180 valence electrons. The van der Waals surface area contributed by atoms with Crippen LogP contribution in [-0.2, 0) is 10.0 Å². The van der Waals surface area contributed by atoms with Gasteiger partial charge < -0.3 is 15.0 Å². The van der Waals surface area contributed by atoms with Crippen LogP contribution in [-0.4, -0.2) is 32.0 Å². The molecule has 1 aliphatic carbocycles. The highest BCUT2D eigenvalue weighted by Crippen LogP contribution is 2.24. The molecule has 1 fully saturated rings. The number of benzene rings is 2. The number of carbonyl (C=O) groups excluding carboxylic acids is 1. The second kappa shape index (κ2) is 9.89. The summed E-state index contributed by atoms with van der Waals surface area (Å²) in [6.45, 7) is 4.57. The van der Waals surface area contributed by atoms with E-state index in [0.717, 1.165) is 25.7 Å². The van der Waals surface area contributed by atoms with Gasteiger partial charge >= 0.3 is 0 Å². The molecule has 9 heteroatoms. The van der Waals surface area contributed by atoms with E-state index in [1.54, 1.807) is 24.3 Å². The fraction of sp³-hybridized carbons (Fsp3) is 0.360. The van der Waals surface area contributed by atoms with Crippen molar-refractivity contribution in [2.24, 2.45) is 5.92 Å². The summed E-state index contributed by atoms with van der Waals surface area (Å²) >= 11 is 0. The van der Waals surface area contributed by atoms with Gasteiger partial charge in [0.2, 0.25) is 5.43 Å². The van der Waals surface area contributed by atoms with Gasteiger partial charge in [0.15, 0.2) is 0 Å². The molecule has 8 nitrogen and oxygen atoms in total. The molecule has 1 aromatic heterocycles. The molecule has 0 aliphatic heterocycles. The second-order valence-corrected chi connectivity index (χ2v) is 10.4. The normalized spacial score (nSPS) is 18.4. The SMILES string of the molecule is CCOc1ccc(NS(=O)(=O)c2ccc3[nH]cc(C(=O)NC4CCC(C)CC4)c(=O)c3c2)cc1. The maximum atomic E-state index is 13.1. The summed E-state index contributed by atoms with van der Waals surface area (Å²) < 4.78 is 33.8. The van der Waals surface area contributed by atoms with Crippen LogP contribution in [0.1, 0.15) is 49.9 Å². The molecule has 0 spiro atoms. The van der Waals surface area contributed by atoms with Crippen LogP contribution in [0.5, 0.6) is 5.75 Å². The smallest absolute Gasteiger partial charge is 0.261 e. The third-order valence-corrected chi connectivity index (χ3v) is 7.55. The quantitative estimate of drug-likeness (QED) is 0.469. The van der Waals surface area contributed by atoms with Gasteiger partial charge in [0.1, 0.15) is 11.3 Å². The Kier molecular flexibility index (Phi) is 6.92. The molecule has 3 N–H and O–H groups in total. The third-order valence-electron chi connectivity index (χ3n) is 6.18. The summed E-state index contributed by atoms with van der Waals surface area (Å²) in [5.74, 6) is 0.841. The molecule has 3 aromatic rings. The summed E-state index contributed by atoms with van der Waals surface area (Å²) in [4.78, 5) is 28.7. The van der Waals surface area contributed by atoms with Crippen molar-refractivity contribution in [3.8, 4) is 5.75 Å². The molecule has 2 aromatic carbocycles. The zero-order chi connectivity index (χ0) is 24.3. The highest BCUT2D eigenvalue weighted by atomic mass is 32.2. The van der Waals surface area contributed by atoms with Crippen molar-refractivity contribution in [2.45, 2.75) is 50.5 Å². The minimum absolute atomic E-state index is 0.0276. The van der Waals surface area contributed by atoms with Gasteiger partial charge in [-0.05, 0) is 81.0 Å². The van der Waals surface area contributed by atoms with Crippen LogP contribution in [0.2, 0.25) is 0 Å². The first-order chi connectivity index (χ1) is 16.3. The van der Waals surface area contributed by atoms with E-state index in [2.05, 4.69) is 21.9 Å². The Bertz CT molecular complexity index is 1340. The van der Waals surface area contributed by atoms with Gasteiger partial charge in [-0.1, -0.05) is 6.92 Å². The number of H-pyrrole nitrogens is 1. The third kappa shape index (κ3) is 5.25. The summed E-state index contributed by atoms with van der Waals surface area (Å²) in [6, 6.07) is 10.8. The molecule has 34 heavy (non-hydrogen) atoms. The molecular formula is C25H29N3O5S. The van der Waals surface area contributed by atoms with Gasteiger partial charge in [-0.25, -0.2) is 8.42 Å². The molecule has 1 heterocycles. The summed E-state index contributed by atoms with van der Waals surface area (Å²) in [6.07, 6.45) is 5.25. The second-order valence-electron chi connectivity index (χ2n) is 8.73. The van der Waals surface area contributed by atoms with Crippen LogP contribution in [0.4, 0.5) is 5.69 Å². The molecule has 1 saturated carbocycles. The van der Waals surface area contributed by atoms with Crippen LogP contribution in [0.15, 0.2) is 58.4 Å². The molecule has 0 unspecified atom stereocenters. The minimum Gasteiger partial charge on any atom is -0.494 e. The molecular weight excluding hydrogens is 454 g/mol. The number of nitrogens with one attached hydrogen (secondary N) is 3. The highest BCUT2D eigenvalue weighted by molar-refractivity contribution is 7.92. The van der Waals surface area contributed by atoms with Crippen LogP contribution in [0.3, 0.4) is 0 Å². The van der Waals surface area contributed by atoms with E-state index in [9.17, 15) is 18.0 Å². The monoisotopic (exact) mass is 483 g/mol. The fourth-order valence-electron chi connectivity index (χ4n) is 4.20. The van der Waals surface area contributed by atoms with Crippen LogP contribution in [0.25, 0.3) is 10.9 Å². The number of pyridine rings is 1. The number of amides is 1. The number of hydrogen-bond donors (Lipinski definition) is 3. The lowest BCUT2D eigenvalue weighted by Gasteiger charge is -2.26. The largest absolute Gasteiger partial charge is 0.494 e. The number of anilines is 1. The Balaban J connectivity index is 1.58. The Hall–Kier alpha value is -3.33. The lowest BCUT2D eigenvalue weighted by molar-refractivity contribution is 0.0921. The van der Waals surface area contributed by atoms with Crippen molar-refractivity contribution in [3.05, 3.63) is 64.4 Å². The van der Waals surface area contributed by atoms with Crippen molar-refractivity contribution in [1.29, 1.82) is 0 Å². The first kappa shape index (κ1) is 23.8. The van der Waals surface area contributed by atoms with E-state index < -0.39 is 21.4 Å². The van der Waals surface area contributed by atoms with Crippen molar-refractivity contribution in [2.75, 3.05) is 11.3 Å². The summed E-state index contributed by atoms with van der Waals surface area (Å²) in [7, 11) is -3.95. The number of rotatable bonds is 7. The van der Waals surface area contributed by atoms with Crippen molar-refractivity contribution < 1.29 is 17.9 Å². The minimum atomic E-state index is -3.95. The maximum Gasteiger partial charge on any atom is 0.261 e. The number of aromatic amines is 1. The Morgan fingerprint density at radius 1 is 1.09 bits per heavy atom. The van der Waals surface area contributed by atoms with E-state index in [4.69, 9.17) is 4.74 Å². The van der Waals surface area contributed by atoms with Crippen molar-refractivity contribution >= 4 is 32.5 Å². The molecule has 1 amide bonds. The van der Waals surface area contributed by atoms with Crippen LogP contribution in [0, 0.1) is 5.92 Å². The number of hydrogen-bond acceptors (Lipinski definition) is 5.